The molecule has 0 saturated heterocycles. The van der Waals surface area contributed by atoms with E-state index in [0.717, 1.165) is 16.1 Å². The molecular weight excluding hydrogens is 348 g/mol. The van der Waals surface area contributed by atoms with Crippen molar-refractivity contribution in [3.05, 3.63) is 52.2 Å². The first kappa shape index (κ1) is 19.9. The van der Waals surface area contributed by atoms with Crippen molar-refractivity contribution in [1.29, 1.82) is 0 Å². The molecule has 2 aromatic rings. The molecule has 26 heavy (non-hydrogen) atoms. The van der Waals surface area contributed by atoms with Gasteiger partial charge in [-0.15, -0.1) is 11.3 Å². The number of nitrogens with zero attached hydrogens (tertiary/aromatic N) is 1. The van der Waals surface area contributed by atoms with Crippen LogP contribution in [0.25, 0.3) is 0 Å². The second-order valence-electron chi connectivity index (χ2n) is 6.59. The van der Waals surface area contributed by atoms with Crippen molar-refractivity contribution in [3.8, 4) is 0 Å². The van der Waals surface area contributed by atoms with Crippen molar-refractivity contribution in [3.63, 3.8) is 0 Å². The quantitative estimate of drug-likeness (QED) is 0.615. The van der Waals surface area contributed by atoms with E-state index in [4.69, 9.17) is 0 Å². The lowest BCUT2D eigenvalue weighted by Crippen LogP contribution is -3.07. The maximum atomic E-state index is 12.1. The third kappa shape index (κ3) is 5.57. The van der Waals surface area contributed by atoms with Crippen LogP contribution < -0.4 is 20.4 Å². The van der Waals surface area contributed by atoms with Gasteiger partial charge >= 0.3 is 11.8 Å². The van der Waals surface area contributed by atoms with Crippen molar-refractivity contribution in [1.82, 2.24) is 10.6 Å². The summed E-state index contributed by atoms with van der Waals surface area (Å²) in [5.41, 5.74) is 2.24. The van der Waals surface area contributed by atoms with Gasteiger partial charge in [-0.3, -0.25) is 9.59 Å². The van der Waals surface area contributed by atoms with Crippen molar-refractivity contribution in [2.45, 2.75) is 12.6 Å². The number of likely N-dealkylation sites (N-methyl/N-ethyl adjacent to an activating group) is 1. The molecular formula is C19H27N4O2S+. The standard InChI is InChI=1S/C19H26N4O2S/c1-22(2)15-9-7-14(8-10-15)17(23(3)4)13-21-19(25)18(24)20-12-16-6-5-11-26-16/h5-11,17H,12-13H2,1-4H3,(H,20,24)(H,21,25)/p+1/t17-/m0/s1. The topological polar surface area (TPSA) is 65.9 Å². The van der Waals surface area contributed by atoms with Gasteiger partial charge < -0.3 is 20.4 Å². The van der Waals surface area contributed by atoms with E-state index in [2.05, 4.69) is 34.9 Å². The van der Waals surface area contributed by atoms with Crippen LogP contribution in [0, 0.1) is 0 Å². The third-order valence-corrected chi connectivity index (χ3v) is 5.06. The number of rotatable bonds is 7. The summed E-state index contributed by atoms with van der Waals surface area (Å²) in [5.74, 6) is -1.20. The van der Waals surface area contributed by atoms with E-state index in [0.29, 0.717) is 13.1 Å². The molecule has 2 rings (SSSR count). The molecule has 0 spiro atoms. The molecule has 1 aromatic heterocycles. The minimum absolute atomic E-state index is 0.0697. The van der Waals surface area contributed by atoms with E-state index in [-0.39, 0.29) is 6.04 Å². The number of quaternary nitrogens is 1. The van der Waals surface area contributed by atoms with E-state index in [1.807, 2.05) is 50.6 Å². The molecule has 3 N–H and O–H groups in total. The van der Waals surface area contributed by atoms with Gasteiger partial charge in [0.25, 0.3) is 0 Å². The molecule has 0 unspecified atom stereocenters. The summed E-state index contributed by atoms with van der Waals surface area (Å²) >= 11 is 1.55. The van der Waals surface area contributed by atoms with Crippen LogP contribution in [-0.2, 0) is 16.1 Å². The molecule has 0 aliphatic carbocycles. The predicted octanol–water partition coefficient (Wildman–Crippen LogP) is 0.432. The van der Waals surface area contributed by atoms with Gasteiger partial charge in [0.15, 0.2) is 0 Å². The van der Waals surface area contributed by atoms with Crippen molar-refractivity contribution in [2.75, 3.05) is 39.6 Å². The average molecular weight is 376 g/mol. The predicted molar refractivity (Wildman–Crippen MR) is 105 cm³/mol. The Kier molecular flexibility index (Phi) is 7.17. The van der Waals surface area contributed by atoms with Crippen molar-refractivity contribution >= 4 is 28.8 Å². The number of nitrogens with one attached hydrogen (secondary N) is 3. The number of thiophene rings is 1. The Morgan fingerprint density at radius 1 is 1.08 bits per heavy atom. The van der Waals surface area contributed by atoms with E-state index >= 15 is 0 Å². The van der Waals surface area contributed by atoms with E-state index < -0.39 is 11.8 Å². The van der Waals surface area contributed by atoms with Crippen LogP contribution >= 0.6 is 11.3 Å². The fourth-order valence-corrected chi connectivity index (χ4v) is 3.24. The average Bonchev–Trinajstić information content (AvgIpc) is 3.13. The zero-order valence-corrected chi connectivity index (χ0v) is 16.5. The van der Waals surface area contributed by atoms with Crippen LogP contribution in [0.1, 0.15) is 16.5 Å². The largest absolute Gasteiger partial charge is 0.378 e. The summed E-state index contributed by atoms with van der Waals surface area (Å²) in [4.78, 5) is 28.3. The summed E-state index contributed by atoms with van der Waals surface area (Å²) < 4.78 is 0. The van der Waals surface area contributed by atoms with E-state index in [1.54, 1.807) is 11.3 Å². The second kappa shape index (κ2) is 9.35. The number of carbonyl (C=O) groups excluding carboxylic acids is 2. The first-order valence-corrected chi connectivity index (χ1v) is 9.42. The van der Waals surface area contributed by atoms with Gasteiger partial charge in [0.05, 0.1) is 27.2 Å². The SMILES string of the molecule is CN(C)c1ccc([C@H](CNC(=O)C(=O)NCc2cccs2)[NH+](C)C)cc1. The Labute approximate surface area is 158 Å². The molecule has 2 amide bonds. The summed E-state index contributed by atoms with van der Waals surface area (Å²) in [5, 5.41) is 7.33. The number of carbonyl (C=O) groups is 2. The molecule has 140 valence electrons. The number of amides is 2. The summed E-state index contributed by atoms with van der Waals surface area (Å²) in [6.07, 6.45) is 0. The Morgan fingerprint density at radius 3 is 2.27 bits per heavy atom. The van der Waals surface area contributed by atoms with Gasteiger partial charge in [0, 0.05) is 30.2 Å². The van der Waals surface area contributed by atoms with E-state index in [9.17, 15) is 9.59 Å². The van der Waals surface area contributed by atoms with Crippen molar-refractivity contribution in [2.24, 2.45) is 0 Å². The Morgan fingerprint density at radius 2 is 1.73 bits per heavy atom. The first-order valence-electron chi connectivity index (χ1n) is 8.54. The Balaban J connectivity index is 1.90. The van der Waals surface area contributed by atoms with Crippen LogP contribution in [0.2, 0.25) is 0 Å². The maximum Gasteiger partial charge on any atom is 0.309 e. The van der Waals surface area contributed by atoms with Crippen LogP contribution in [0.5, 0.6) is 0 Å². The Hall–Kier alpha value is -2.38. The molecule has 1 heterocycles. The highest BCUT2D eigenvalue weighted by molar-refractivity contribution is 7.09. The van der Waals surface area contributed by atoms with Gasteiger partial charge in [0.2, 0.25) is 0 Å². The van der Waals surface area contributed by atoms with Gasteiger partial charge in [-0.1, -0.05) is 18.2 Å². The second-order valence-corrected chi connectivity index (χ2v) is 7.62. The molecule has 1 atom stereocenters. The van der Waals surface area contributed by atoms with Crippen molar-refractivity contribution < 1.29 is 14.5 Å². The molecule has 0 aliphatic rings. The number of hydrogen-bond acceptors (Lipinski definition) is 4. The lowest BCUT2D eigenvalue weighted by atomic mass is 10.1. The van der Waals surface area contributed by atoms with Gasteiger partial charge in [-0.25, -0.2) is 0 Å². The third-order valence-electron chi connectivity index (χ3n) is 4.19. The van der Waals surface area contributed by atoms with Gasteiger partial charge in [-0.2, -0.15) is 0 Å². The lowest BCUT2D eigenvalue weighted by Gasteiger charge is -2.23. The highest BCUT2D eigenvalue weighted by atomic mass is 32.1. The van der Waals surface area contributed by atoms with Gasteiger partial charge in [-0.05, 0) is 23.6 Å². The zero-order valence-electron chi connectivity index (χ0n) is 15.7. The highest BCUT2D eigenvalue weighted by Crippen LogP contribution is 2.16. The highest BCUT2D eigenvalue weighted by Gasteiger charge is 2.21. The van der Waals surface area contributed by atoms with Gasteiger partial charge in [0.1, 0.15) is 6.04 Å². The summed E-state index contributed by atoms with van der Waals surface area (Å²) in [7, 11) is 8.07. The molecule has 6 nitrogen and oxygen atoms in total. The van der Waals surface area contributed by atoms with Crippen LogP contribution in [-0.4, -0.2) is 46.5 Å². The normalized spacial score (nSPS) is 11.9. The number of benzene rings is 1. The molecule has 0 fully saturated rings. The zero-order chi connectivity index (χ0) is 19.1. The van der Waals surface area contributed by atoms with E-state index in [1.165, 1.54) is 4.90 Å². The maximum absolute atomic E-state index is 12.1. The molecule has 1 aromatic carbocycles. The summed E-state index contributed by atoms with van der Waals surface area (Å²) in [6, 6.07) is 12.2. The first-order chi connectivity index (χ1) is 12.4. The van der Waals surface area contributed by atoms with Crippen LogP contribution in [0.15, 0.2) is 41.8 Å². The molecule has 0 saturated carbocycles. The van der Waals surface area contributed by atoms with Crippen LogP contribution in [0.4, 0.5) is 5.69 Å². The monoisotopic (exact) mass is 375 g/mol. The molecule has 0 bridgehead atoms. The number of hydrogen-bond donors (Lipinski definition) is 3. The Bertz CT molecular complexity index is 712. The number of anilines is 1. The summed E-state index contributed by atoms with van der Waals surface area (Å²) in [6.45, 7) is 0.771. The molecule has 7 heteroatoms. The lowest BCUT2D eigenvalue weighted by molar-refractivity contribution is -0.890. The van der Waals surface area contributed by atoms with Crippen LogP contribution in [0.3, 0.4) is 0 Å². The minimum atomic E-state index is -0.603. The smallest absolute Gasteiger partial charge is 0.309 e. The fraction of sp³-hybridized carbons (Fsp3) is 0.368. The molecule has 0 radical (unpaired) electrons. The molecule has 0 aliphatic heterocycles. The minimum Gasteiger partial charge on any atom is -0.378 e. The fourth-order valence-electron chi connectivity index (χ4n) is 2.60.